The summed E-state index contributed by atoms with van der Waals surface area (Å²) in [4.78, 5) is 18.5. The van der Waals surface area contributed by atoms with Gasteiger partial charge in [0.25, 0.3) is 0 Å². The first-order valence-electron chi connectivity index (χ1n) is 5.74. The van der Waals surface area contributed by atoms with Crippen molar-refractivity contribution in [1.29, 1.82) is 0 Å². The monoisotopic (exact) mass is 264 g/mol. The molecule has 1 heterocycles. The molecule has 0 amide bonds. The number of hydrogen-bond acceptors (Lipinski definition) is 6. The van der Waals surface area contributed by atoms with Gasteiger partial charge in [0, 0.05) is 6.54 Å². The van der Waals surface area contributed by atoms with Gasteiger partial charge in [-0.3, -0.25) is 10.1 Å². The molecule has 0 spiro atoms. The second-order valence-electron chi connectivity index (χ2n) is 4.33. The van der Waals surface area contributed by atoms with Gasteiger partial charge in [0.1, 0.15) is 5.69 Å². The van der Waals surface area contributed by atoms with Crippen LogP contribution in [0.15, 0.2) is 0 Å². The van der Waals surface area contributed by atoms with E-state index < -0.39 is 10.5 Å². The molecular formula is C12H16N4O3. The molecule has 0 radical (unpaired) electrons. The van der Waals surface area contributed by atoms with Crippen molar-refractivity contribution in [1.82, 2.24) is 9.97 Å². The maximum atomic E-state index is 11.1. The van der Waals surface area contributed by atoms with Crippen LogP contribution in [-0.2, 0) is 0 Å². The Hall–Kier alpha value is -2.36. The van der Waals surface area contributed by atoms with Crippen LogP contribution in [0.2, 0.25) is 0 Å². The van der Waals surface area contributed by atoms with Gasteiger partial charge in [-0.05, 0) is 27.7 Å². The van der Waals surface area contributed by atoms with Gasteiger partial charge in [-0.25, -0.2) is 4.98 Å². The predicted molar refractivity (Wildman–Crippen MR) is 71.1 cm³/mol. The molecule has 0 unspecified atom stereocenters. The van der Waals surface area contributed by atoms with Gasteiger partial charge in [-0.15, -0.1) is 6.42 Å². The van der Waals surface area contributed by atoms with Crippen LogP contribution < -0.4 is 10.1 Å². The van der Waals surface area contributed by atoms with Gasteiger partial charge in [0.2, 0.25) is 5.95 Å². The van der Waals surface area contributed by atoms with Crippen molar-refractivity contribution in [3.8, 4) is 18.2 Å². The van der Waals surface area contributed by atoms with Crippen molar-refractivity contribution < 1.29 is 9.66 Å². The normalized spacial score (nSPS) is 10.7. The topological polar surface area (TPSA) is 90.2 Å². The van der Waals surface area contributed by atoms with Gasteiger partial charge in [0.15, 0.2) is 5.60 Å². The number of hydrogen-bond donors (Lipinski definition) is 1. The van der Waals surface area contributed by atoms with Crippen LogP contribution in [0, 0.1) is 29.4 Å². The van der Waals surface area contributed by atoms with E-state index in [1.54, 1.807) is 13.8 Å². The molecule has 0 fully saturated rings. The number of anilines is 1. The lowest BCUT2D eigenvalue weighted by Gasteiger charge is -2.19. The van der Waals surface area contributed by atoms with E-state index in [2.05, 4.69) is 21.2 Å². The number of rotatable bonds is 5. The molecule has 0 aromatic carbocycles. The van der Waals surface area contributed by atoms with Crippen molar-refractivity contribution in [2.24, 2.45) is 0 Å². The molecular weight excluding hydrogens is 248 g/mol. The third kappa shape index (κ3) is 3.55. The maximum Gasteiger partial charge on any atom is 0.352 e. The molecule has 19 heavy (non-hydrogen) atoms. The average molecular weight is 264 g/mol. The summed E-state index contributed by atoms with van der Waals surface area (Å²) in [6.45, 7) is 7.24. The Bertz CT molecular complexity index is 535. The molecule has 7 nitrogen and oxygen atoms in total. The summed E-state index contributed by atoms with van der Waals surface area (Å²) in [5.41, 5.74) is -1.04. The summed E-state index contributed by atoms with van der Waals surface area (Å²) in [7, 11) is 0. The Morgan fingerprint density at radius 2 is 2.16 bits per heavy atom. The van der Waals surface area contributed by atoms with Gasteiger partial charge in [-0.1, -0.05) is 5.92 Å². The Kier molecular flexibility index (Phi) is 4.27. The Morgan fingerprint density at radius 1 is 1.53 bits per heavy atom. The van der Waals surface area contributed by atoms with Crippen molar-refractivity contribution in [2.75, 3.05) is 11.9 Å². The lowest BCUT2D eigenvalue weighted by molar-refractivity contribution is -0.387. The summed E-state index contributed by atoms with van der Waals surface area (Å²) in [5.74, 6) is 2.54. The van der Waals surface area contributed by atoms with E-state index in [-0.39, 0.29) is 23.2 Å². The van der Waals surface area contributed by atoms with E-state index >= 15 is 0 Å². The fourth-order valence-corrected chi connectivity index (χ4v) is 1.33. The average Bonchev–Trinajstić information content (AvgIpc) is 2.27. The molecule has 0 aliphatic carbocycles. The number of nitrogens with one attached hydrogen (secondary N) is 1. The summed E-state index contributed by atoms with van der Waals surface area (Å²) in [5, 5.41) is 13.9. The highest BCUT2D eigenvalue weighted by Gasteiger charge is 2.28. The lowest BCUT2D eigenvalue weighted by atomic mass is 10.1. The van der Waals surface area contributed by atoms with Gasteiger partial charge < -0.3 is 10.1 Å². The van der Waals surface area contributed by atoms with Crippen molar-refractivity contribution >= 4 is 11.6 Å². The Labute approximate surface area is 111 Å². The van der Waals surface area contributed by atoms with Crippen LogP contribution in [0.3, 0.4) is 0 Å². The second-order valence-corrected chi connectivity index (χ2v) is 4.33. The third-order valence-electron chi connectivity index (χ3n) is 2.24. The Balaban J connectivity index is 3.32. The SMILES string of the molecule is C#CC(C)(C)Oc1nc(NCC)nc(C)c1[N+](=O)[O-]. The van der Waals surface area contributed by atoms with Crippen LogP contribution in [0.1, 0.15) is 26.5 Å². The van der Waals surface area contributed by atoms with Crippen LogP contribution >= 0.6 is 0 Å². The number of nitro groups is 1. The van der Waals surface area contributed by atoms with Crippen molar-refractivity contribution in [2.45, 2.75) is 33.3 Å². The highest BCUT2D eigenvalue weighted by Crippen LogP contribution is 2.31. The maximum absolute atomic E-state index is 11.1. The summed E-state index contributed by atoms with van der Waals surface area (Å²) in [6.07, 6.45) is 5.31. The summed E-state index contributed by atoms with van der Waals surface area (Å²) < 4.78 is 5.44. The standard InChI is InChI=1S/C12H16N4O3/c1-6-12(4,5)19-10-9(16(17)18)8(3)14-11(15-10)13-7-2/h1H,7H2,2-5H3,(H,13,14,15). The van der Waals surface area contributed by atoms with E-state index in [9.17, 15) is 10.1 Å². The zero-order valence-electron chi connectivity index (χ0n) is 11.4. The van der Waals surface area contributed by atoms with E-state index in [1.165, 1.54) is 6.92 Å². The third-order valence-corrected chi connectivity index (χ3v) is 2.24. The van der Waals surface area contributed by atoms with Crippen LogP contribution in [0.25, 0.3) is 0 Å². The molecule has 0 aliphatic rings. The van der Waals surface area contributed by atoms with Gasteiger partial charge >= 0.3 is 11.6 Å². The van der Waals surface area contributed by atoms with Gasteiger partial charge in [-0.2, -0.15) is 4.98 Å². The number of terminal acetylenes is 1. The van der Waals surface area contributed by atoms with Crippen LogP contribution in [0.4, 0.5) is 11.6 Å². The molecule has 0 bridgehead atoms. The number of aryl methyl sites for hydroxylation is 1. The summed E-state index contributed by atoms with van der Waals surface area (Å²) in [6, 6.07) is 0. The minimum Gasteiger partial charge on any atom is -0.453 e. The smallest absolute Gasteiger partial charge is 0.352 e. The number of ether oxygens (including phenoxy) is 1. The molecule has 0 saturated heterocycles. The number of aromatic nitrogens is 2. The Morgan fingerprint density at radius 3 is 2.63 bits per heavy atom. The molecule has 0 aliphatic heterocycles. The quantitative estimate of drug-likeness (QED) is 0.496. The zero-order chi connectivity index (χ0) is 14.6. The highest BCUT2D eigenvalue weighted by molar-refractivity contribution is 5.49. The predicted octanol–water partition coefficient (Wildman–Crippen LogP) is 1.92. The first kappa shape index (κ1) is 14.7. The first-order chi connectivity index (χ1) is 8.80. The van der Waals surface area contributed by atoms with E-state index in [4.69, 9.17) is 11.2 Å². The van der Waals surface area contributed by atoms with Crippen LogP contribution in [-0.4, -0.2) is 27.0 Å². The molecule has 7 heteroatoms. The minimum absolute atomic E-state index is 0.128. The fourth-order valence-electron chi connectivity index (χ4n) is 1.33. The highest BCUT2D eigenvalue weighted by atomic mass is 16.6. The van der Waals surface area contributed by atoms with Crippen molar-refractivity contribution in [3.05, 3.63) is 15.8 Å². The van der Waals surface area contributed by atoms with Gasteiger partial charge in [0.05, 0.1) is 4.92 Å². The largest absolute Gasteiger partial charge is 0.453 e. The molecule has 102 valence electrons. The van der Waals surface area contributed by atoms with E-state index in [0.717, 1.165) is 0 Å². The molecule has 0 saturated carbocycles. The molecule has 0 atom stereocenters. The molecule has 1 N–H and O–H groups in total. The minimum atomic E-state index is -0.991. The zero-order valence-corrected chi connectivity index (χ0v) is 11.4. The summed E-state index contributed by atoms with van der Waals surface area (Å²) >= 11 is 0. The van der Waals surface area contributed by atoms with E-state index in [0.29, 0.717) is 6.54 Å². The molecule has 1 aromatic heterocycles. The number of nitrogens with zero attached hydrogens (tertiary/aromatic N) is 3. The van der Waals surface area contributed by atoms with E-state index in [1.807, 2.05) is 6.92 Å². The fraction of sp³-hybridized carbons (Fsp3) is 0.500. The second kappa shape index (κ2) is 5.52. The lowest BCUT2D eigenvalue weighted by Crippen LogP contribution is -2.27. The van der Waals surface area contributed by atoms with Crippen LogP contribution in [0.5, 0.6) is 5.88 Å². The molecule has 1 aromatic rings. The first-order valence-corrected chi connectivity index (χ1v) is 5.74. The van der Waals surface area contributed by atoms with Crippen molar-refractivity contribution in [3.63, 3.8) is 0 Å². The molecule has 1 rings (SSSR count).